The number of anilines is 3. The minimum atomic E-state index is -2.25. The van der Waals surface area contributed by atoms with E-state index in [2.05, 4.69) is 99.0 Å². The molecule has 1 aliphatic heterocycles. The van der Waals surface area contributed by atoms with Crippen molar-refractivity contribution < 1.29 is 8.85 Å². The third kappa shape index (κ3) is 5.07. The first kappa shape index (κ1) is 26.5. The molecule has 0 fully saturated rings. The summed E-state index contributed by atoms with van der Waals surface area (Å²) in [5.41, 5.74) is 9.58. The SMILES string of the molecule is [2H]C([2H])([2H])N1CN(c2cccc(Oc3ccc4c5ccccc5n(-c5cc(-c6c(C(C)C)cccc6C(C)C)ccn5)c4c3)c2)c2ccccc21. The van der Waals surface area contributed by atoms with Crippen LogP contribution in [0.2, 0.25) is 0 Å². The molecule has 48 heavy (non-hydrogen) atoms. The van der Waals surface area contributed by atoms with Gasteiger partial charge in [-0.3, -0.25) is 4.57 Å². The number of ether oxygens (including phenoxy) is 1. The standard InChI is InChI=1S/C43H40N4O/c1-28(2)34-15-11-16-35(29(3)4)43(34)30-22-23-44-42(24-30)47-38-17-7-6-14-36(38)37-21-20-33(26-41(37)47)48-32-13-10-12-31(25-32)46-27-45(5)39-18-8-9-19-40(39)46/h6-26,28-29H,27H2,1-5H3/i5D3. The van der Waals surface area contributed by atoms with Gasteiger partial charge in [-0.1, -0.05) is 82.3 Å². The average Bonchev–Trinajstić information content (AvgIpc) is 3.68. The van der Waals surface area contributed by atoms with Gasteiger partial charge in [-0.25, -0.2) is 4.98 Å². The smallest absolute Gasteiger partial charge is 0.138 e. The van der Waals surface area contributed by atoms with Crippen molar-refractivity contribution in [1.82, 2.24) is 9.55 Å². The zero-order valence-electron chi connectivity index (χ0n) is 30.7. The van der Waals surface area contributed by atoms with Gasteiger partial charge in [-0.15, -0.1) is 0 Å². The molecule has 8 rings (SSSR count). The van der Waals surface area contributed by atoms with E-state index in [9.17, 15) is 0 Å². The fourth-order valence-electron chi connectivity index (χ4n) is 7.13. The molecular formula is C43H40N4O. The molecule has 3 heterocycles. The lowest BCUT2D eigenvalue weighted by atomic mass is 9.85. The molecule has 5 aromatic carbocycles. The van der Waals surface area contributed by atoms with Crippen LogP contribution in [0.15, 0.2) is 128 Å². The number of para-hydroxylation sites is 3. The molecule has 0 aliphatic carbocycles. The minimum Gasteiger partial charge on any atom is -0.457 e. The molecule has 7 aromatic rings. The molecule has 0 saturated heterocycles. The van der Waals surface area contributed by atoms with Crippen molar-refractivity contribution in [2.75, 3.05) is 23.4 Å². The fraction of sp³-hybridized carbons (Fsp3) is 0.186. The third-order valence-corrected chi connectivity index (χ3v) is 9.39. The highest BCUT2D eigenvalue weighted by molar-refractivity contribution is 6.09. The van der Waals surface area contributed by atoms with Gasteiger partial charge in [0.2, 0.25) is 0 Å². The quantitative estimate of drug-likeness (QED) is 0.175. The first-order valence-corrected chi connectivity index (χ1v) is 16.6. The molecule has 2 aromatic heterocycles. The Balaban J connectivity index is 1.20. The van der Waals surface area contributed by atoms with Gasteiger partial charge in [0, 0.05) is 45.9 Å². The molecule has 0 N–H and O–H groups in total. The van der Waals surface area contributed by atoms with E-state index in [1.165, 1.54) is 21.6 Å². The van der Waals surface area contributed by atoms with Crippen molar-refractivity contribution in [2.45, 2.75) is 39.5 Å². The zero-order chi connectivity index (χ0) is 35.4. The Morgan fingerprint density at radius 1 is 0.667 bits per heavy atom. The Morgan fingerprint density at radius 2 is 1.38 bits per heavy atom. The molecular weight excluding hydrogens is 589 g/mol. The predicted molar refractivity (Wildman–Crippen MR) is 201 cm³/mol. The summed E-state index contributed by atoms with van der Waals surface area (Å²) in [6.45, 7) is 6.99. The fourth-order valence-corrected chi connectivity index (χ4v) is 7.13. The number of benzene rings is 5. The van der Waals surface area contributed by atoms with Gasteiger partial charge < -0.3 is 14.5 Å². The monoisotopic (exact) mass is 631 g/mol. The van der Waals surface area contributed by atoms with Gasteiger partial charge in [0.05, 0.1) is 29.1 Å². The first-order chi connectivity index (χ1) is 24.6. The second-order valence-electron chi connectivity index (χ2n) is 13.1. The van der Waals surface area contributed by atoms with Crippen LogP contribution in [-0.4, -0.2) is 23.2 Å². The van der Waals surface area contributed by atoms with Crippen LogP contribution in [0.25, 0.3) is 38.8 Å². The van der Waals surface area contributed by atoms with E-state index in [-0.39, 0.29) is 6.67 Å². The van der Waals surface area contributed by atoms with Crippen LogP contribution in [0, 0.1) is 0 Å². The number of nitrogens with zero attached hydrogens (tertiary/aromatic N) is 4. The van der Waals surface area contributed by atoms with Gasteiger partial charge in [0.1, 0.15) is 17.3 Å². The first-order valence-electron chi connectivity index (χ1n) is 18.1. The summed E-state index contributed by atoms with van der Waals surface area (Å²) in [6, 6.07) is 41.1. The van der Waals surface area contributed by atoms with E-state index in [1.807, 2.05) is 65.7 Å². The third-order valence-electron chi connectivity index (χ3n) is 9.39. The maximum Gasteiger partial charge on any atom is 0.138 e. The lowest BCUT2D eigenvalue weighted by molar-refractivity contribution is 0.483. The van der Waals surface area contributed by atoms with Gasteiger partial charge in [0.15, 0.2) is 0 Å². The van der Waals surface area contributed by atoms with E-state index >= 15 is 0 Å². The molecule has 0 bridgehead atoms. The normalized spacial score (nSPS) is 14.1. The second-order valence-corrected chi connectivity index (χ2v) is 13.1. The zero-order valence-corrected chi connectivity index (χ0v) is 27.7. The molecule has 0 amide bonds. The Bertz CT molecular complexity index is 2390. The summed E-state index contributed by atoms with van der Waals surface area (Å²) in [6.07, 6.45) is 1.92. The van der Waals surface area contributed by atoms with Crippen LogP contribution in [0.1, 0.15) is 54.8 Å². The van der Waals surface area contributed by atoms with Crippen LogP contribution in [0.5, 0.6) is 11.5 Å². The van der Waals surface area contributed by atoms with Crippen molar-refractivity contribution in [1.29, 1.82) is 0 Å². The molecule has 0 spiro atoms. The van der Waals surface area contributed by atoms with Crippen LogP contribution in [0.4, 0.5) is 17.1 Å². The van der Waals surface area contributed by atoms with Crippen LogP contribution >= 0.6 is 0 Å². The molecule has 5 heteroatoms. The summed E-state index contributed by atoms with van der Waals surface area (Å²) in [4.78, 5) is 8.41. The molecule has 0 atom stereocenters. The highest BCUT2D eigenvalue weighted by atomic mass is 16.5. The van der Waals surface area contributed by atoms with Gasteiger partial charge in [0.25, 0.3) is 0 Å². The Labute approximate surface area is 286 Å². The molecule has 0 radical (unpaired) electrons. The highest BCUT2D eigenvalue weighted by Gasteiger charge is 2.24. The van der Waals surface area contributed by atoms with Crippen molar-refractivity contribution >= 4 is 38.9 Å². The van der Waals surface area contributed by atoms with Gasteiger partial charge in [-0.2, -0.15) is 0 Å². The van der Waals surface area contributed by atoms with E-state index < -0.39 is 6.98 Å². The Kier molecular flexibility index (Phi) is 6.58. The maximum atomic E-state index is 8.10. The summed E-state index contributed by atoms with van der Waals surface area (Å²) < 4.78 is 33.1. The van der Waals surface area contributed by atoms with Crippen LogP contribution < -0.4 is 14.5 Å². The number of hydrogen-bond acceptors (Lipinski definition) is 4. The van der Waals surface area contributed by atoms with Gasteiger partial charge >= 0.3 is 0 Å². The van der Waals surface area contributed by atoms with Crippen molar-refractivity contribution in [2.24, 2.45) is 0 Å². The molecule has 238 valence electrons. The van der Waals surface area contributed by atoms with E-state index in [4.69, 9.17) is 13.8 Å². The molecule has 0 saturated carbocycles. The Hall–Kier alpha value is -5.55. The number of pyridine rings is 1. The topological polar surface area (TPSA) is 33.5 Å². The summed E-state index contributed by atoms with van der Waals surface area (Å²) in [5.74, 6) is 2.95. The van der Waals surface area contributed by atoms with Crippen LogP contribution in [0.3, 0.4) is 0 Å². The highest BCUT2D eigenvalue weighted by Crippen LogP contribution is 2.42. The van der Waals surface area contributed by atoms with Crippen LogP contribution in [-0.2, 0) is 0 Å². The summed E-state index contributed by atoms with van der Waals surface area (Å²) in [7, 11) is 0. The number of fused-ring (bicyclic) bond motifs is 4. The van der Waals surface area contributed by atoms with E-state index in [1.54, 1.807) is 0 Å². The molecule has 0 unspecified atom stereocenters. The minimum absolute atomic E-state index is 0.220. The second kappa shape index (κ2) is 11.9. The van der Waals surface area contributed by atoms with Crippen molar-refractivity contribution in [3.63, 3.8) is 0 Å². The predicted octanol–water partition coefficient (Wildman–Crippen LogP) is 11.4. The van der Waals surface area contributed by atoms with Gasteiger partial charge in [-0.05, 0) is 88.7 Å². The lowest BCUT2D eigenvalue weighted by Crippen LogP contribution is -2.23. The number of hydrogen-bond donors (Lipinski definition) is 0. The maximum absolute atomic E-state index is 8.10. The average molecular weight is 632 g/mol. The van der Waals surface area contributed by atoms with Crippen molar-refractivity contribution in [3.05, 3.63) is 139 Å². The largest absolute Gasteiger partial charge is 0.457 e. The van der Waals surface area contributed by atoms with Crippen molar-refractivity contribution in [3.8, 4) is 28.4 Å². The molecule has 5 nitrogen and oxygen atoms in total. The van der Waals surface area contributed by atoms with E-state index in [0.29, 0.717) is 29.0 Å². The lowest BCUT2D eigenvalue weighted by Gasteiger charge is -2.20. The Morgan fingerprint density at radius 3 is 2.17 bits per heavy atom. The molecule has 1 aliphatic rings. The summed E-state index contributed by atoms with van der Waals surface area (Å²) in [5, 5.41) is 2.26. The van der Waals surface area contributed by atoms with E-state index in [0.717, 1.165) is 44.6 Å². The number of aromatic nitrogens is 2. The summed E-state index contributed by atoms with van der Waals surface area (Å²) >= 11 is 0. The number of rotatable bonds is 7.